The van der Waals surface area contributed by atoms with E-state index in [1.54, 1.807) is 0 Å². The first kappa shape index (κ1) is 16.3. The second kappa shape index (κ2) is 6.52. The molecule has 0 aliphatic heterocycles. The van der Waals surface area contributed by atoms with Gasteiger partial charge in [0.25, 0.3) is 0 Å². The molecule has 0 unspecified atom stereocenters. The van der Waals surface area contributed by atoms with Gasteiger partial charge in [-0.15, -0.1) is 0 Å². The molecule has 0 heterocycles. The van der Waals surface area contributed by atoms with Crippen LogP contribution in [-0.2, 0) is 5.41 Å². The Morgan fingerprint density at radius 2 is 1.21 bits per heavy atom. The number of hydrogen-bond donors (Lipinski definition) is 1. The number of hydrogen-bond acceptors (Lipinski definition) is 1. The van der Waals surface area contributed by atoms with Gasteiger partial charge in [-0.25, -0.2) is 0 Å². The smallest absolute Gasteiger partial charge is 0.0360 e. The SMILES string of the molecule is CC(C)(C)c1ccc(N)c(C(c2ccccc2)c2ccccc2)c1. The lowest BCUT2D eigenvalue weighted by atomic mass is 9.80. The maximum atomic E-state index is 6.41. The summed E-state index contributed by atoms with van der Waals surface area (Å²) in [5, 5.41) is 0. The van der Waals surface area contributed by atoms with Gasteiger partial charge in [0.05, 0.1) is 0 Å². The van der Waals surface area contributed by atoms with E-state index in [4.69, 9.17) is 5.73 Å². The third-order valence-electron chi connectivity index (χ3n) is 4.53. The summed E-state index contributed by atoms with van der Waals surface area (Å²) in [6, 6.07) is 27.7. The predicted molar refractivity (Wildman–Crippen MR) is 103 cm³/mol. The first-order valence-corrected chi connectivity index (χ1v) is 8.46. The van der Waals surface area contributed by atoms with E-state index >= 15 is 0 Å². The molecule has 24 heavy (non-hydrogen) atoms. The highest BCUT2D eigenvalue weighted by Gasteiger charge is 2.22. The van der Waals surface area contributed by atoms with Crippen LogP contribution in [0.5, 0.6) is 0 Å². The highest BCUT2D eigenvalue weighted by atomic mass is 14.6. The van der Waals surface area contributed by atoms with Crippen LogP contribution in [-0.4, -0.2) is 0 Å². The Bertz CT molecular complexity index is 759. The molecule has 0 saturated carbocycles. The van der Waals surface area contributed by atoms with Gasteiger partial charge >= 0.3 is 0 Å². The zero-order chi connectivity index (χ0) is 17.2. The zero-order valence-corrected chi connectivity index (χ0v) is 14.7. The van der Waals surface area contributed by atoms with Crippen LogP contribution in [0.3, 0.4) is 0 Å². The van der Waals surface area contributed by atoms with E-state index in [-0.39, 0.29) is 11.3 Å². The molecule has 122 valence electrons. The molecule has 0 aromatic heterocycles. The minimum atomic E-state index is 0.0976. The molecule has 3 aromatic rings. The second-order valence-corrected chi connectivity index (χ2v) is 7.35. The van der Waals surface area contributed by atoms with Crippen molar-refractivity contribution in [3.05, 3.63) is 101 Å². The summed E-state index contributed by atoms with van der Waals surface area (Å²) < 4.78 is 0. The molecule has 1 heteroatoms. The van der Waals surface area contributed by atoms with Crippen LogP contribution in [0.2, 0.25) is 0 Å². The zero-order valence-electron chi connectivity index (χ0n) is 14.7. The Morgan fingerprint density at radius 3 is 1.67 bits per heavy atom. The molecule has 0 fully saturated rings. The van der Waals surface area contributed by atoms with Crippen molar-refractivity contribution in [1.82, 2.24) is 0 Å². The third-order valence-corrected chi connectivity index (χ3v) is 4.53. The molecule has 1 nitrogen and oxygen atoms in total. The highest BCUT2D eigenvalue weighted by molar-refractivity contribution is 5.57. The van der Waals surface area contributed by atoms with Gasteiger partial charge in [-0.05, 0) is 33.7 Å². The predicted octanol–water partition coefficient (Wildman–Crippen LogP) is 5.75. The Kier molecular flexibility index (Phi) is 4.44. The summed E-state index contributed by atoms with van der Waals surface area (Å²) in [5.41, 5.74) is 12.4. The molecule has 2 N–H and O–H groups in total. The van der Waals surface area contributed by atoms with Crippen LogP contribution in [0.15, 0.2) is 78.9 Å². The lowest BCUT2D eigenvalue weighted by Gasteiger charge is -2.25. The minimum Gasteiger partial charge on any atom is -0.398 e. The van der Waals surface area contributed by atoms with E-state index in [2.05, 4.69) is 99.6 Å². The van der Waals surface area contributed by atoms with Gasteiger partial charge in [0.2, 0.25) is 0 Å². The van der Waals surface area contributed by atoms with Crippen molar-refractivity contribution in [1.29, 1.82) is 0 Å². The molecule has 0 bridgehead atoms. The topological polar surface area (TPSA) is 26.0 Å². The van der Waals surface area contributed by atoms with Crippen molar-refractivity contribution >= 4 is 5.69 Å². The van der Waals surface area contributed by atoms with E-state index in [9.17, 15) is 0 Å². The van der Waals surface area contributed by atoms with E-state index in [1.807, 2.05) is 0 Å². The molecule has 0 aliphatic carbocycles. The van der Waals surface area contributed by atoms with Crippen molar-refractivity contribution in [2.24, 2.45) is 0 Å². The van der Waals surface area contributed by atoms with Crippen molar-refractivity contribution in [3.8, 4) is 0 Å². The Labute approximate surface area is 145 Å². The van der Waals surface area contributed by atoms with Crippen LogP contribution in [0.4, 0.5) is 5.69 Å². The number of nitrogen functional groups attached to an aromatic ring is 1. The largest absolute Gasteiger partial charge is 0.398 e. The number of nitrogens with two attached hydrogens (primary N) is 1. The van der Waals surface area contributed by atoms with Crippen LogP contribution in [0, 0.1) is 0 Å². The Morgan fingerprint density at radius 1 is 0.708 bits per heavy atom. The number of anilines is 1. The number of rotatable bonds is 3. The molecule has 0 amide bonds. The molecule has 3 rings (SSSR count). The standard InChI is InChI=1S/C23H25N/c1-23(2,3)19-14-15-21(24)20(16-19)22(17-10-6-4-7-11-17)18-12-8-5-9-13-18/h4-16,22H,24H2,1-3H3. The van der Waals surface area contributed by atoms with Crippen molar-refractivity contribution < 1.29 is 0 Å². The Hall–Kier alpha value is -2.54. The van der Waals surface area contributed by atoms with Gasteiger partial charge in [-0.2, -0.15) is 0 Å². The number of benzene rings is 3. The summed E-state index contributed by atoms with van der Waals surface area (Å²) in [6.07, 6.45) is 0. The minimum absolute atomic E-state index is 0.0976. The normalized spacial score (nSPS) is 11.7. The summed E-state index contributed by atoms with van der Waals surface area (Å²) >= 11 is 0. The molecule has 0 saturated heterocycles. The van der Waals surface area contributed by atoms with Crippen LogP contribution < -0.4 is 5.73 Å². The van der Waals surface area contributed by atoms with Gasteiger partial charge in [0, 0.05) is 11.6 Å². The van der Waals surface area contributed by atoms with Crippen molar-refractivity contribution in [3.63, 3.8) is 0 Å². The fraction of sp³-hybridized carbons (Fsp3) is 0.217. The van der Waals surface area contributed by atoms with Crippen LogP contribution in [0.1, 0.15) is 48.9 Å². The summed E-state index contributed by atoms with van der Waals surface area (Å²) in [6.45, 7) is 6.72. The molecular weight excluding hydrogens is 290 g/mol. The molecule has 3 aromatic carbocycles. The maximum absolute atomic E-state index is 6.41. The van der Waals surface area contributed by atoms with E-state index in [0.717, 1.165) is 5.69 Å². The fourth-order valence-corrected chi connectivity index (χ4v) is 3.13. The molecule has 0 aliphatic rings. The van der Waals surface area contributed by atoms with E-state index in [1.165, 1.54) is 22.3 Å². The Balaban J connectivity index is 2.20. The summed E-state index contributed by atoms with van der Waals surface area (Å²) in [4.78, 5) is 0. The highest BCUT2D eigenvalue weighted by Crippen LogP contribution is 2.37. The van der Waals surface area contributed by atoms with Crippen molar-refractivity contribution in [2.45, 2.75) is 32.1 Å². The van der Waals surface area contributed by atoms with Crippen LogP contribution in [0.25, 0.3) is 0 Å². The van der Waals surface area contributed by atoms with E-state index in [0.29, 0.717) is 0 Å². The lowest BCUT2D eigenvalue weighted by Crippen LogP contribution is -2.14. The van der Waals surface area contributed by atoms with Crippen LogP contribution >= 0.6 is 0 Å². The van der Waals surface area contributed by atoms with Gasteiger partial charge < -0.3 is 5.73 Å². The maximum Gasteiger partial charge on any atom is 0.0360 e. The average molecular weight is 315 g/mol. The van der Waals surface area contributed by atoms with Gasteiger partial charge in [-0.3, -0.25) is 0 Å². The molecule has 0 atom stereocenters. The monoisotopic (exact) mass is 315 g/mol. The van der Waals surface area contributed by atoms with E-state index < -0.39 is 0 Å². The lowest BCUT2D eigenvalue weighted by molar-refractivity contribution is 0.589. The third kappa shape index (κ3) is 3.35. The molecule has 0 spiro atoms. The average Bonchev–Trinajstić information content (AvgIpc) is 2.58. The van der Waals surface area contributed by atoms with Crippen molar-refractivity contribution in [2.75, 3.05) is 5.73 Å². The summed E-state index contributed by atoms with van der Waals surface area (Å²) in [7, 11) is 0. The first-order valence-electron chi connectivity index (χ1n) is 8.46. The molecular formula is C23H25N. The molecule has 0 radical (unpaired) electrons. The first-order chi connectivity index (χ1) is 11.5. The van der Waals surface area contributed by atoms with Gasteiger partial charge in [0.15, 0.2) is 0 Å². The van der Waals surface area contributed by atoms with Gasteiger partial charge in [-0.1, -0.05) is 93.6 Å². The van der Waals surface area contributed by atoms with Gasteiger partial charge in [0.1, 0.15) is 0 Å². The quantitative estimate of drug-likeness (QED) is 0.483. The second-order valence-electron chi connectivity index (χ2n) is 7.35. The fourth-order valence-electron chi connectivity index (χ4n) is 3.13. The summed E-state index contributed by atoms with van der Waals surface area (Å²) in [5.74, 6) is 0.148.